The largest absolute Gasteiger partial charge is 0.397 e. The Hall–Kier alpha value is -1.29. The molecule has 0 radical (unpaired) electrons. The van der Waals surface area contributed by atoms with Crippen LogP contribution in [-0.2, 0) is 0 Å². The van der Waals surface area contributed by atoms with E-state index in [1.807, 2.05) is 0 Å². The van der Waals surface area contributed by atoms with E-state index in [4.69, 9.17) is 23.1 Å². The van der Waals surface area contributed by atoms with Crippen molar-refractivity contribution in [2.75, 3.05) is 5.73 Å². The molecule has 64 valence electrons. The van der Waals surface area contributed by atoms with E-state index < -0.39 is 11.7 Å². The molecule has 0 fully saturated rings. The fourth-order valence-electron chi connectivity index (χ4n) is 0.818. The lowest BCUT2D eigenvalue weighted by molar-refractivity contribution is 0.0997. The van der Waals surface area contributed by atoms with Gasteiger partial charge in [0.2, 0.25) is 0 Å². The number of carbonyl (C=O) groups is 1. The van der Waals surface area contributed by atoms with Gasteiger partial charge in [0, 0.05) is 0 Å². The Labute approximate surface area is 73.1 Å². The lowest BCUT2D eigenvalue weighted by Crippen LogP contribution is -2.15. The van der Waals surface area contributed by atoms with Crippen molar-refractivity contribution < 1.29 is 9.18 Å². The van der Waals surface area contributed by atoms with Crippen molar-refractivity contribution in [1.82, 2.24) is 0 Å². The topological polar surface area (TPSA) is 69.1 Å². The predicted octanol–water partition coefficient (Wildman–Crippen LogP) is 1.16. The maximum atomic E-state index is 12.8. The van der Waals surface area contributed by atoms with Gasteiger partial charge in [0.25, 0.3) is 5.91 Å². The van der Waals surface area contributed by atoms with E-state index in [1.165, 1.54) is 6.07 Å². The molecular weight excluding hydrogens is 183 g/mol. The Morgan fingerprint density at radius 1 is 1.50 bits per heavy atom. The van der Waals surface area contributed by atoms with Gasteiger partial charge in [-0.1, -0.05) is 11.6 Å². The summed E-state index contributed by atoms with van der Waals surface area (Å²) in [6, 6.07) is 2.30. The Bertz CT molecular complexity index is 340. The van der Waals surface area contributed by atoms with Crippen molar-refractivity contribution in [3.05, 3.63) is 28.5 Å². The van der Waals surface area contributed by atoms with E-state index >= 15 is 0 Å². The normalized spacial score (nSPS) is 9.83. The number of benzene rings is 1. The zero-order valence-corrected chi connectivity index (χ0v) is 6.73. The molecule has 0 aliphatic rings. The van der Waals surface area contributed by atoms with Gasteiger partial charge in [-0.15, -0.1) is 0 Å². The highest BCUT2D eigenvalue weighted by Crippen LogP contribution is 2.24. The molecule has 3 nitrogen and oxygen atoms in total. The Morgan fingerprint density at radius 3 is 2.50 bits per heavy atom. The number of nitrogen functional groups attached to an aromatic ring is 1. The van der Waals surface area contributed by atoms with Crippen LogP contribution >= 0.6 is 11.6 Å². The molecule has 0 saturated heterocycles. The van der Waals surface area contributed by atoms with Crippen LogP contribution in [0.15, 0.2) is 12.1 Å². The Morgan fingerprint density at radius 2 is 2.08 bits per heavy atom. The molecular formula is C7H6ClFN2O. The SMILES string of the molecule is NC(=O)c1c(F)ccc(Cl)c1N. The molecule has 0 aliphatic heterocycles. The predicted molar refractivity (Wildman–Crippen MR) is 44.3 cm³/mol. The molecule has 0 spiro atoms. The second-order valence-electron chi connectivity index (χ2n) is 2.18. The van der Waals surface area contributed by atoms with E-state index in [2.05, 4.69) is 0 Å². The summed E-state index contributed by atoms with van der Waals surface area (Å²) >= 11 is 5.53. The summed E-state index contributed by atoms with van der Waals surface area (Å²) in [5, 5.41) is 0.116. The van der Waals surface area contributed by atoms with Crippen LogP contribution in [-0.4, -0.2) is 5.91 Å². The summed E-state index contributed by atoms with van der Waals surface area (Å²) in [6.07, 6.45) is 0. The van der Waals surface area contributed by atoms with Crippen LogP contribution in [0.3, 0.4) is 0 Å². The average molecular weight is 189 g/mol. The molecule has 0 unspecified atom stereocenters. The lowest BCUT2D eigenvalue weighted by Gasteiger charge is -2.03. The van der Waals surface area contributed by atoms with Crippen molar-refractivity contribution in [2.45, 2.75) is 0 Å². The third kappa shape index (κ3) is 1.33. The maximum Gasteiger partial charge on any atom is 0.253 e. The monoisotopic (exact) mass is 188 g/mol. The average Bonchev–Trinajstić information content (AvgIpc) is 1.97. The molecule has 5 heteroatoms. The molecule has 0 atom stereocenters. The number of rotatable bonds is 1. The number of anilines is 1. The minimum absolute atomic E-state index is 0.116. The molecule has 4 N–H and O–H groups in total. The van der Waals surface area contributed by atoms with Crippen LogP contribution in [0.1, 0.15) is 10.4 Å². The van der Waals surface area contributed by atoms with E-state index in [-0.39, 0.29) is 16.3 Å². The summed E-state index contributed by atoms with van der Waals surface area (Å²) in [5.74, 6) is -1.68. The lowest BCUT2D eigenvalue weighted by atomic mass is 10.1. The van der Waals surface area contributed by atoms with Crippen LogP contribution in [0, 0.1) is 5.82 Å². The van der Waals surface area contributed by atoms with Gasteiger partial charge >= 0.3 is 0 Å². The minimum atomic E-state index is -0.924. The molecule has 0 heterocycles. The molecule has 0 bridgehead atoms. The molecule has 0 aliphatic carbocycles. The van der Waals surface area contributed by atoms with Gasteiger partial charge in [0.05, 0.1) is 16.3 Å². The summed E-state index contributed by atoms with van der Waals surface area (Å²) in [4.78, 5) is 10.6. The number of hydrogen-bond donors (Lipinski definition) is 2. The summed E-state index contributed by atoms with van der Waals surface area (Å²) < 4.78 is 12.8. The van der Waals surface area contributed by atoms with E-state index in [9.17, 15) is 9.18 Å². The fourth-order valence-corrected chi connectivity index (χ4v) is 0.975. The van der Waals surface area contributed by atoms with Crippen LogP contribution in [0.2, 0.25) is 5.02 Å². The number of primary amides is 1. The van der Waals surface area contributed by atoms with Crippen LogP contribution in [0.5, 0.6) is 0 Å². The molecule has 1 amide bonds. The van der Waals surface area contributed by atoms with Gasteiger partial charge < -0.3 is 11.5 Å². The third-order valence-electron chi connectivity index (χ3n) is 1.39. The van der Waals surface area contributed by atoms with Crippen molar-refractivity contribution in [3.63, 3.8) is 0 Å². The quantitative estimate of drug-likeness (QED) is 0.650. The van der Waals surface area contributed by atoms with Crippen molar-refractivity contribution in [1.29, 1.82) is 0 Å². The Balaban J connectivity index is 3.43. The first kappa shape index (κ1) is 8.80. The molecule has 1 aromatic carbocycles. The van der Waals surface area contributed by atoms with Crippen LogP contribution in [0.4, 0.5) is 10.1 Å². The first-order chi connectivity index (χ1) is 5.54. The van der Waals surface area contributed by atoms with Gasteiger partial charge in [0.1, 0.15) is 5.82 Å². The number of amides is 1. The smallest absolute Gasteiger partial charge is 0.253 e. The second-order valence-corrected chi connectivity index (χ2v) is 2.59. The van der Waals surface area contributed by atoms with Gasteiger partial charge in [0.15, 0.2) is 0 Å². The molecule has 1 aromatic rings. The summed E-state index contributed by atoms with van der Waals surface area (Å²) in [6.45, 7) is 0. The highest BCUT2D eigenvalue weighted by molar-refractivity contribution is 6.33. The third-order valence-corrected chi connectivity index (χ3v) is 1.72. The number of carbonyl (C=O) groups excluding carboxylic acids is 1. The van der Waals surface area contributed by atoms with E-state index in [1.54, 1.807) is 0 Å². The second kappa shape index (κ2) is 2.98. The first-order valence-corrected chi connectivity index (χ1v) is 3.45. The van der Waals surface area contributed by atoms with Gasteiger partial charge in [-0.3, -0.25) is 4.79 Å². The van der Waals surface area contributed by atoms with Crippen molar-refractivity contribution in [2.24, 2.45) is 5.73 Å². The highest BCUT2D eigenvalue weighted by atomic mass is 35.5. The molecule has 1 rings (SSSR count). The zero-order valence-electron chi connectivity index (χ0n) is 5.97. The van der Waals surface area contributed by atoms with E-state index in [0.717, 1.165) is 6.07 Å². The van der Waals surface area contributed by atoms with Gasteiger partial charge in [-0.2, -0.15) is 0 Å². The maximum absolute atomic E-state index is 12.8. The molecule has 12 heavy (non-hydrogen) atoms. The summed E-state index contributed by atoms with van der Waals surface area (Å²) in [5.41, 5.74) is 9.70. The summed E-state index contributed by atoms with van der Waals surface area (Å²) in [7, 11) is 0. The van der Waals surface area contributed by atoms with Crippen molar-refractivity contribution >= 4 is 23.2 Å². The first-order valence-electron chi connectivity index (χ1n) is 3.07. The number of halogens is 2. The van der Waals surface area contributed by atoms with Crippen LogP contribution in [0.25, 0.3) is 0 Å². The minimum Gasteiger partial charge on any atom is -0.397 e. The fraction of sp³-hybridized carbons (Fsp3) is 0. The standard InChI is InChI=1S/C7H6ClFN2O/c8-3-1-2-4(9)5(6(3)10)7(11)12/h1-2H,10H2,(H2,11,12). The van der Waals surface area contributed by atoms with Crippen LogP contribution < -0.4 is 11.5 Å². The van der Waals surface area contributed by atoms with Gasteiger partial charge in [-0.25, -0.2) is 4.39 Å². The highest BCUT2D eigenvalue weighted by Gasteiger charge is 2.14. The van der Waals surface area contributed by atoms with Crippen molar-refractivity contribution in [3.8, 4) is 0 Å². The van der Waals surface area contributed by atoms with Gasteiger partial charge in [-0.05, 0) is 12.1 Å². The number of nitrogens with two attached hydrogens (primary N) is 2. The van der Waals surface area contributed by atoms with E-state index in [0.29, 0.717) is 0 Å². The molecule has 0 saturated carbocycles. The molecule has 0 aromatic heterocycles. The number of hydrogen-bond acceptors (Lipinski definition) is 2. The zero-order chi connectivity index (χ0) is 9.30. The Kier molecular flexibility index (Phi) is 2.19.